The fourth-order valence-electron chi connectivity index (χ4n) is 2.62. The summed E-state index contributed by atoms with van der Waals surface area (Å²) in [5, 5.41) is 10.5. The average molecular weight is 347 g/mol. The molecule has 116 valence electrons. The molecule has 3 rings (SSSR count). The molecule has 0 aromatic heterocycles. The quantitative estimate of drug-likeness (QED) is 0.883. The van der Waals surface area contributed by atoms with E-state index >= 15 is 0 Å². The Labute approximate surface area is 143 Å². The smallest absolute Gasteiger partial charge is 0.205 e. The summed E-state index contributed by atoms with van der Waals surface area (Å²) in [6.45, 7) is 0. The Kier molecular flexibility index (Phi) is 4.08. The van der Waals surface area contributed by atoms with Crippen LogP contribution in [-0.4, -0.2) is 7.11 Å². The molecule has 0 saturated carbocycles. The molecule has 4 nitrogen and oxygen atoms in total. The van der Waals surface area contributed by atoms with Gasteiger partial charge in [-0.1, -0.05) is 35.3 Å². The summed E-state index contributed by atoms with van der Waals surface area (Å²) in [7, 11) is 1.57. The molecule has 0 fully saturated rings. The number of fused-ring (bicyclic) bond motifs is 1. The van der Waals surface area contributed by atoms with E-state index in [0.29, 0.717) is 27.1 Å². The number of halogens is 2. The van der Waals surface area contributed by atoms with Crippen LogP contribution in [0.4, 0.5) is 0 Å². The summed E-state index contributed by atoms with van der Waals surface area (Å²) in [6.07, 6.45) is 0. The summed E-state index contributed by atoms with van der Waals surface area (Å²) >= 11 is 12.3. The second-order valence-electron chi connectivity index (χ2n) is 4.99. The first-order valence-corrected chi connectivity index (χ1v) is 7.51. The van der Waals surface area contributed by atoms with Gasteiger partial charge in [0.1, 0.15) is 23.1 Å². The lowest BCUT2D eigenvalue weighted by atomic mass is 9.83. The van der Waals surface area contributed by atoms with E-state index in [1.807, 2.05) is 6.07 Å². The van der Waals surface area contributed by atoms with Gasteiger partial charge >= 0.3 is 0 Å². The van der Waals surface area contributed by atoms with E-state index < -0.39 is 5.92 Å². The van der Waals surface area contributed by atoms with Crippen molar-refractivity contribution >= 4 is 23.2 Å². The first-order valence-electron chi connectivity index (χ1n) is 6.75. The van der Waals surface area contributed by atoms with Crippen LogP contribution in [0.25, 0.3) is 0 Å². The van der Waals surface area contributed by atoms with Gasteiger partial charge in [-0.15, -0.1) is 0 Å². The molecule has 2 aromatic carbocycles. The normalized spacial score (nSPS) is 16.3. The molecular weight excluding hydrogens is 335 g/mol. The first kappa shape index (κ1) is 15.5. The Morgan fingerprint density at radius 2 is 1.91 bits per heavy atom. The Balaban J connectivity index is 2.23. The van der Waals surface area contributed by atoms with Crippen LogP contribution in [0, 0.1) is 11.3 Å². The lowest BCUT2D eigenvalue weighted by Gasteiger charge is -2.27. The van der Waals surface area contributed by atoms with Crippen molar-refractivity contribution in [2.24, 2.45) is 5.73 Å². The van der Waals surface area contributed by atoms with Crippen LogP contribution in [-0.2, 0) is 0 Å². The molecule has 1 atom stereocenters. The lowest BCUT2D eigenvalue weighted by molar-refractivity contribution is 0.381. The van der Waals surface area contributed by atoms with Gasteiger partial charge in [-0.05, 0) is 23.8 Å². The fraction of sp³-hybridized carbons (Fsp3) is 0.118. The molecule has 0 radical (unpaired) electrons. The predicted octanol–water partition coefficient (Wildman–Crippen LogP) is 4.22. The third-order valence-electron chi connectivity index (χ3n) is 3.70. The maximum Gasteiger partial charge on any atom is 0.205 e. The van der Waals surface area contributed by atoms with Crippen LogP contribution >= 0.6 is 23.2 Å². The molecule has 23 heavy (non-hydrogen) atoms. The van der Waals surface area contributed by atoms with E-state index in [9.17, 15) is 5.26 Å². The SMILES string of the molecule is COc1ccc2c(c1)OC(N)=C(C#N)[C@H]2c1ccc(Cl)cc1Cl. The maximum atomic E-state index is 9.50. The largest absolute Gasteiger partial charge is 0.497 e. The Morgan fingerprint density at radius 1 is 1.17 bits per heavy atom. The number of nitriles is 1. The summed E-state index contributed by atoms with van der Waals surface area (Å²) < 4.78 is 10.8. The Bertz CT molecular complexity index is 856. The van der Waals surface area contributed by atoms with Gasteiger partial charge in [-0.3, -0.25) is 0 Å². The zero-order valence-electron chi connectivity index (χ0n) is 12.1. The minimum Gasteiger partial charge on any atom is -0.497 e. The van der Waals surface area contributed by atoms with Gasteiger partial charge < -0.3 is 15.2 Å². The second-order valence-corrected chi connectivity index (χ2v) is 5.84. The number of ether oxygens (including phenoxy) is 2. The average Bonchev–Trinajstić information content (AvgIpc) is 2.53. The van der Waals surface area contributed by atoms with Crippen LogP contribution in [0.3, 0.4) is 0 Å². The lowest BCUT2D eigenvalue weighted by Crippen LogP contribution is -2.21. The van der Waals surface area contributed by atoms with E-state index in [2.05, 4.69) is 6.07 Å². The minimum absolute atomic E-state index is 0.0595. The molecule has 0 spiro atoms. The molecule has 0 unspecified atom stereocenters. The van der Waals surface area contributed by atoms with E-state index in [4.69, 9.17) is 38.4 Å². The molecule has 2 aromatic rings. The van der Waals surface area contributed by atoms with Gasteiger partial charge in [0.15, 0.2) is 0 Å². The molecule has 1 aliphatic heterocycles. The van der Waals surface area contributed by atoms with Crippen molar-refractivity contribution < 1.29 is 9.47 Å². The predicted molar refractivity (Wildman–Crippen MR) is 88.8 cm³/mol. The molecule has 1 heterocycles. The standard InChI is InChI=1S/C17H12Cl2N2O2/c1-22-10-3-5-12-15(7-10)23-17(21)13(8-20)16(12)11-4-2-9(18)6-14(11)19/h2-7,16H,21H2,1H3/t16-/m0/s1. The highest BCUT2D eigenvalue weighted by atomic mass is 35.5. The van der Waals surface area contributed by atoms with Gasteiger partial charge in [0.05, 0.1) is 13.0 Å². The topological polar surface area (TPSA) is 68.3 Å². The van der Waals surface area contributed by atoms with Crippen molar-refractivity contribution in [2.75, 3.05) is 7.11 Å². The third-order valence-corrected chi connectivity index (χ3v) is 4.26. The minimum atomic E-state index is -0.417. The van der Waals surface area contributed by atoms with Crippen LogP contribution in [0.15, 0.2) is 47.9 Å². The number of benzene rings is 2. The van der Waals surface area contributed by atoms with Gasteiger partial charge in [0.2, 0.25) is 5.88 Å². The molecule has 0 saturated heterocycles. The molecule has 2 N–H and O–H groups in total. The van der Waals surface area contributed by atoms with Gasteiger partial charge in [-0.25, -0.2) is 0 Å². The number of rotatable bonds is 2. The summed E-state index contributed by atoms with van der Waals surface area (Å²) in [5.74, 6) is 0.818. The number of methoxy groups -OCH3 is 1. The van der Waals surface area contributed by atoms with Crippen LogP contribution in [0.5, 0.6) is 11.5 Å². The molecule has 0 amide bonds. The van der Waals surface area contributed by atoms with Gasteiger partial charge in [0.25, 0.3) is 0 Å². The number of hydrogen-bond donors (Lipinski definition) is 1. The van der Waals surface area contributed by atoms with Crippen LogP contribution in [0.2, 0.25) is 10.0 Å². The van der Waals surface area contributed by atoms with Crippen molar-refractivity contribution in [3.05, 3.63) is 69.0 Å². The van der Waals surface area contributed by atoms with Crippen molar-refractivity contribution in [2.45, 2.75) is 5.92 Å². The first-order chi connectivity index (χ1) is 11.0. The summed E-state index contributed by atoms with van der Waals surface area (Å²) in [6, 6.07) is 12.7. The van der Waals surface area contributed by atoms with E-state index in [1.165, 1.54) is 0 Å². The highest BCUT2D eigenvalue weighted by Crippen LogP contribution is 2.45. The Morgan fingerprint density at radius 3 is 2.57 bits per heavy atom. The van der Waals surface area contributed by atoms with E-state index in [-0.39, 0.29) is 5.88 Å². The van der Waals surface area contributed by atoms with E-state index in [1.54, 1.807) is 37.4 Å². The fourth-order valence-corrected chi connectivity index (χ4v) is 3.14. The van der Waals surface area contributed by atoms with Crippen molar-refractivity contribution in [1.29, 1.82) is 5.26 Å². The second kappa shape index (κ2) is 6.04. The highest BCUT2D eigenvalue weighted by Gasteiger charge is 2.32. The number of hydrogen-bond acceptors (Lipinski definition) is 4. The van der Waals surface area contributed by atoms with Crippen molar-refractivity contribution in [3.63, 3.8) is 0 Å². The van der Waals surface area contributed by atoms with Gasteiger partial charge in [0, 0.05) is 21.7 Å². The zero-order chi connectivity index (χ0) is 16.6. The molecule has 0 bridgehead atoms. The van der Waals surface area contributed by atoms with Crippen LogP contribution in [0.1, 0.15) is 17.0 Å². The Hall–Kier alpha value is -2.35. The monoisotopic (exact) mass is 346 g/mol. The van der Waals surface area contributed by atoms with Gasteiger partial charge in [-0.2, -0.15) is 5.26 Å². The number of nitrogens with two attached hydrogens (primary N) is 1. The molecular formula is C17H12Cl2N2O2. The third kappa shape index (κ3) is 2.70. The van der Waals surface area contributed by atoms with Crippen LogP contribution < -0.4 is 15.2 Å². The number of allylic oxidation sites excluding steroid dienone is 1. The zero-order valence-corrected chi connectivity index (χ0v) is 13.7. The number of nitrogens with zero attached hydrogens (tertiary/aromatic N) is 1. The van der Waals surface area contributed by atoms with E-state index in [0.717, 1.165) is 11.1 Å². The highest BCUT2D eigenvalue weighted by molar-refractivity contribution is 6.35. The summed E-state index contributed by atoms with van der Waals surface area (Å²) in [5.41, 5.74) is 7.77. The molecule has 0 aliphatic carbocycles. The molecule has 6 heteroatoms. The summed E-state index contributed by atoms with van der Waals surface area (Å²) in [4.78, 5) is 0. The van der Waals surface area contributed by atoms with Crippen molar-refractivity contribution in [3.8, 4) is 17.6 Å². The molecule has 1 aliphatic rings. The maximum absolute atomic E-state index is 9.50. The van der Waals surface area contributed by atoms with Crippen molar-refractivity contribution in [1.82, 2.24) is 0 Å².